The molecule has 0 aliphatic carbocycles. The molecule has 2 aromatic rings. The SMILES string of the molecule is CC[C@@H](NC(=S)Nc1cccc(C(=O)OC)c1C)c1ccc(S(C)(=O)=O)cc1. The Hall–Kier alpha value is -2.45. The average Bonchev–Trinajstić information content (AvgIpc) is 2.66. The molecule has 0 aliphatic heterocycles. The summed E-state index contributed by atoms with van der Waals surface area (Å²) in [4.78, 5) is 12.1. The molecule has 0 aromatic heterocycles. The van der Waals surface area contributed by atoms with Crippen LogP contribution in [-0.2, 0) is 14.6 Å². The Balaban J connectivity index is 2.14. The maximum atomic E-state index is 11.8. The lowest BCUT2D eigenvalue weighted by atomic mass is 10.0. The Bertz CT molecular complexity index is 970. The van der Waals surface area contributed by atoms with E-state index in [1.54, 1.807) is 36.4 Å². The summed E-state index contributed by atoms with van der Waals surface area (Å²) in [5.74, 6) is -0.405. The number of anilines is 1. The minimum absolute atomic E-state index is 0.0855. The first-order valence-corrected chi connectivity index (χ1v) is 11.0. The van der Waals surface area contributed by atoms with E-state index in [1.165, 1.54) is 13.4 Å². The number of carbonyl (C=O) groups is 1. The van der Waals surface area contributed by atoms with E-state index < -0.39 is 15.8 Å². The number of ether oxygens (including phenoxy) is 1. The number of benzene rings is 2. The van der Waals surface area contributed by atoms with Gasteiger partial charge in [-0.25, -0.2) is 13.2 Å². The van der Waals surface area contributed by atoms with E-state index in [0.29, 0.717) is 16.4 Å². The molecule has 6 nitrogen and oxygen atoms in total. The molecule has 0 saturated carbocycles. The van der Waals surface area contributed by atoms with E-state index >= 15 is 0 Å². The Morgan fingerprint density at radius 2 is 1.82 bits per heavy atom. The third-order valence-corrected chi connectivity index (χ3v) is 5.76. The number of nitrogens with one attached hydrogen (secondary N) is 2. The Morgan fingerprint density at radius 3 is 2.36 bits per heavy atom. The van der Waals surface area contributed by atoms with E-state index in [2.05, 4.69) is 10.6 Å². The molecule has 150 valence electrons. The average molecular weight is 421 g/mol. The van der Waals surface area contributed by atoms with Gasteiger partial charge < -0.3 is 15.4 Å². The highest BCUT2D eigenvalue weighted by Crippen LogP contribution is 2.22. The van der Waals surface area contributed by atoms with Crippen LogP contribution in [0.5, 0.6) is 0 Å². The molecule has 0 saturated heterocycles. The highest BCUT2D eigenvalue weighted by Gasteiger charge is 2.15. The van der Waals surface area contributed by atoms with Crippen molar-refractivity contribution in [3.63, 3.8) is 0 Å². The van der Waals surface area contributed by atoms with Crippen LogP contribution in [0.4, 0.5) is 5.69 Å². The zero-order valence-corrected chi connectivity index (χ0v) is 17.9. The summed E-state index contributed by atoms with van der Waals surface area (Å²) in [6.07, 6.45) is 1.93. The van der Waals surface area contributed by atoms with Crippen molar-refractivity contribution in [1.82, 2.24) is 5.32 Å². The van der Waals surface area contributed by atoms with Gasteiger partial charge in [-0.2, -0.15) is 0 Å². The van der Waals surface area contributed by atoms with Gasteiger partial charge in [-0.3, -0.25) is 0 Å². The van der Waals surface area contributed by atoms with Crippen molar-refractivity contribution in [1.29, 1.82) is 0 Å². The molecule has 0 fully saturated rings. The molecular formula is C20H24N2O4S2. The normalized spacial score (nSPS) is 12.1. The third kappa shape index (κ3) is 5.30. The lowest BCUT2D eigenvalue weighted by Gasteiger charge is -2.21. The van der Waals surface area contributed by atoms with Crippen LogP contribution in [-0.4, -0.2) is 32.9 Å². The number of hydrogen-bond donors (Lipinski definition) is 2. The predicted molar refractivity (Wildman–Crippen MR) is 114 cm³/mol. The zero-order valence-electron chi connectivity index (χ0n) is 16.3. The number of hydrogen-bond acceptors (Lipinski definition) is 5. The third-order valence-electron chi connectivity index (χ3n) is 4.41. The highest BCUT2D eigenvalue weighted by atomic mass is 32.2. The van der Waals surface area contributed by atoms with Crippen molar-refractivity contribution >= 4 is 38.8 Å². The topological polar surface area (TPSA) is 84.5 Å². The van der Waals surface area contributed by atoms with Crippen LogP contribution in [0.2, 0.25) is 0 Å². The molecule has 0 bridgehead atoms. The summed E-state index contributed by atoms with van der Waals surface area (Å²) in [5, 5.41) is 6.76. The summed E-state index contributed by atoms with van der Waals surface area (Å²) in [6, 6.07) is 11.9. The molecule has 1 atom stereocenters. The van der Waals surface area contributed by atoms with Crippen LogP contribution in [0.3, 0.4) is 0 Å². The van der Waals surface area contributed by atoms with Gasteiger partial charge in [-0.1, -0.05) is 25.1 Å². The van der Waals surface area contributed by atoms with Crippen molar-refractivity contribution in [2.75, 3.05) is 18.7 Å². The number of esters is 1. The Labute approximate surface area is 171 Å². The fourth-order valence-corrected chi connectivity index (χ4v) is 3.67. The maximum Gasteiger partial charge on any atom is 0.338 e. The lowest BCUT2D eigenvalue weighted by Crippen LogP contribution is -2.32. The summed E-state index contributed by atoms with van der Waals surface area (Å²) < 4.78 is 28.0. The van der Waals surface area contributed by atoms with Gasteiger partial charge >= 0.3 is 5.97 Å². The van der Waals surface area contributed by atoms with Crippen molar-refractivity contribution < 1.29 is 17.9 Å². The van der Waals surface area contributed by atoms with Crippen molar-refractivity contribution in [3.05, 3.63) is 59.2 Å². The fourth-order valence-electron chi connectivity index (χ4n) is 2.79. The van der Waals surface area contributed by atoms with E-state index in [0.717, 1.165) is 17.5 Å². The van der Waals surface area contributed by atoms with E-state index in [1.807, 2.05) is 19.9 Å². The number of sulfone groups is 1. The largest absolute Gasteiger partial charge is 0.465 e. The summed E-state index contributed by atoms with van der Waals surface area (Å²) in [5.41, 5.74) is 2.85. The van der Waals surface area contributed by atoms with E-state index in [4.69, 9.17) is 17.0 Å². The number of methoxy groups -OCH3 is 1. The summed E-state index contributed by atoms with van der Waals surface area (Å²) in [7, 11) is -1.89. The molecule has 0 aliphatic rings. The van der Waals surface area contributed by atoms with Crippen molar-refractivity contribution in [3.8, 4) is 0 Å². The minimum atomic E-state index is -3.23. The van der Waals surface area contributed by atoms with Crippen LogP contribution >= 0.6 is 12.2 Å². The summed E-state index contributed by atoms with van der Waals surface area (Å²) in [6.45, 7) is 3.83. The van der Waals surface area contributed by atoms with E-state index in [-0.39, 0.29) is 10.9 Å². The standard InChI is InChI=1S/C20H24N2O4S2/c1-5-17(14-9-11-15(12-10-14)28(4,24)25)21-20(27)22-18-8-6-7-16(13(18)2)19(23)26-3/h6-12,17H,5H2,1-4H3,(H2,21,22,27)/t17-/m1/s1. The quantitative estimate of drug-likeness (QED) is 0.545. The molecule has 2 aromatic carbocycles. The van der Waals surface area contributed by atoms with Gasteiger partial charge in [0.05, 0.1) is 23.6 Å². The maximum absolute atomic E-state index is 11.8. The Kier molecular flexibility index (Phi) is 7.15. The second kappa shape index (κ2) is 9.16. The van der Waals surface area contributed by atoms with Crippen LogP contribution in [0.1, 0.15) is 40.9 Å². The first kappa shape index (κ1) is 21.8. The molecule has 0 radical (unpaired) electrons. The highest BCUT2D eigenvalue weighted by molar-refractivity contribution is 7.90. The molecule has 28 heavy (non-hydrogen) atoms. The van der Waals surface area contributed by atoms with Gasteiger partial charge in [-0.15, -0.1) is 0 Å². The van der Waals surface area contributed by atoms with Crippen LogP contribution in [0, 0.1) is 6.92 Å². The smallest absolute Gasteiger partial charge is 0.338 e. The monoisotopic (exact) mass is 420 g/mol. The summed E-state index contributed by atoms with van der Waals surface area (Å²) >= 11 is 5.43. The zero-order chi connectivity index (χ0) is 20.9. The number of rotatable bonds is 6. The van der Waals surface area contributed by atoms with Gasteiger partial charge in [-0.05, 0) is 61.0 Å². The van der Waals surface area contributed by atoms with Gasteiger partial charge in [0, 0.05) is 11.9 Å². The van der Waals surface area contributed by atoms with Crippen LogP contribution in [0.15, 0.2) is 47.4 Å². The lowest BCUT2D eigenvalue weighted by molar-refractivity contribution is 0.0600. The fraction of sp³-hybridized carbons (Fsp3) is 0.300. The molecule has 2 rings (SSSR count). The first-order chi connectivity index (χ1) is 13.2. The van der Waals surface area contributed by atoms with Gasteiger partial charge in [0.2, 0.25) is 0 Å². The van der Waals surface area contributed by atoms with Crippen LogP contribution < -0.4 is 10.6 Å². The number of carbonyl (C=O) groups excluding carboxylic acids is 1. The molecule has 0 unspecified atom stereocenters. The number of thiocarbonyl (C=S) groups is 1. The predicted octanol–water partition coefficient (Wildman–Crippen LogP) is 3.62. The second-order valence-corrected chi connectivity index (χ2v) is 8.79. The first-order valence-electron chi connectivity index (χ1n) is 8.72. The molecular weight excluding hydrogens is 396 g/mol. The van der Waals surface area contributed by atoms with E-state index in [9.17, 15) is 13.2 Å². The van der Waals surface area contributed by atoms with Crippen molar-refractivity contribution in [2.24, 2.45) is 0 Å². The van der Waals surface area contributed by atoms with Gasteiger partial charge in [0.25, 0.3) is 0 Å². The van der Waals surface area contributed by atoms with Gasteiger partial charge in [0.1, 0.15) is 0 Å². The minimum Gasteiger partial charge on any atom is -0.465 e. The van der Waals surface area contributed by atoms with Crippen LogP contribution in [0.25, 0.3) is 0 Å². The second-order valence-electron chi connectivity index (χ2n) is 6.37. The molecule has 2 N–H and O–H groups in total. The van der Waals surface area contributed by atoms with Crippen molar-refractivity contribution in [2.45, 2.75) is 31.2 Å². The molecule has 0 heterocycles. The molecule has 0 amide bonds. The molecule has 8 heteroatoms. The van der Waals surface area contributed by atoms with Gasteiger partial charge in [0.15, 0.2) is 14.9 Å². The molecule has 0 spiro atoms. The Morgan fingerprint density at radius 1 is 1.18 bits per heavy atom.